The Bertz CT molecular complexity index is 518. The first-order valence-corrected chi connectivity index (χ1v) is 8.10. The van der Waals surface area contributed by atoms with Gasteiger partial charge in [0.2, 0.25) is 0 Å². The molecule has 0 spiro atoms. The van der Waals surface area contributed by atoms with Crippen molar-refractivity contribution in [2.24, 2.45) is 0 Å². The van der Waals surface area contributed by atoms with Crippen LogP contribution in [0.1, 0.15) is 31.2 Å². The molecule has 1 aromatic rings. The topological polar surface area (TPSA) is 15.3 Å². The van der Waals surface area contributed by atoms with Crippen LogP contribution >= 0.6 is 15.9 Å². The van der Waals surface area contributed by atoms with Gasteiger partial charge in [0.05, 0.1) is 5.56 Å². The van der Waals surface area contributed by atoms with E-state index >= 15 is 0 Å². The first-order chi connectivity index (χ1) is 9.93. The number of halogens is 4. The van der Waals surface area contributed by atoms with Gasteiger partial charge >= 0.3 is 6.18 Å². The number of nitrogens with zero attached hydrogens (tertiary/aromatic N) is 1. The zero-order chi connectivity index (χ0) is 15.0. The SMILES string of the molecule is FC(F)(F)c1ccc(Br)cc1NC1CCN2CCCC2C1. The second-order valence-corrected chi connectivity index (χ2v) is 6.80. The summed E-state index contributed by atoms with van der Waals surface area (Å²) in [4.78, 5) is 2.46. The predicted octanol–water partition coefficient (Wildman–Crippen LogP) is 4.51. The van der Waals surface area contributed by atoms with Gasteiger partial charge in [0.1, 0.15) is 0 Å². The Balaban J connectivity index is 1.76. The molecule has 0 aromatic heterocycles. The molecule has 21 heavy (non-hydrogen) atoms. The molecule has 2 aliphatic heterocycles. The van der Waals surface area contributed by atoms with E-state index in [2.05, 4.69) is 26.1 Å². The Morgan fingerprint density at radius 2 is 2.00 bits per heavy atom. The van der Waals surface area contributed by atoms with E-state index in [0.29, 0.717) is 10.5 Å². The number of rotatable bonds is 2. The molecule has 2 heterocycles. The molecule has 1 N–H and O–H groups in total. The van der Waals surface area contributed by atoms with Crippen LogP contribution in [-0.4, -0.2) is 30.1 Å². The highest BCUT2D eigenvalue weighted by atomic mass is 79.9. The summed E-state index contributed by atoms with van der Waals surface area (Å²) in [5.74, 6) is 0. The summed E-state index contributed by atoms with van der Waals surface area (Å²) in [6.45, 7) is 2.12. The highest BCUT2D eigenvalue weighted by molar-refractivity contribution is 9.10. The maximum Gasteiger partial charge on any atom is 0.418 e. The monoisotopic (exact) mass is 362 g/mol. The Labute approximate surface area is 130 Å². The van der Waals surface area contributed by atoms with E-state index in [0.717, 1.165) is 32.0 Å². The fraction of sp³-hybridized carbons (Fsp3) is 0.600. The van der Waals surface area contributed by atoms with E-state index in [9.17, 15) is 13.2 Å². The molecule has 0 radical (unpaired) electrons. The molecule has 3 rings (SSSR count). The van der Waals surface area contributed by atoms with Crippen LogP contribution in [0.3, 0.4) is 0 Å². The molecule has 0 aliphatic carbocycles. The van der Waals surface area contributed by atoms with Gasteiger partial charge in [-0.05, 0) is 50.4 Å². The van der Waals surface area contributed by atoms with Gasteiger partial charge in [-0.15, -0.1) is 0 Å². The molecular formula is C15H18BrF3N2. The average molecular weight is 363 g/mol. The summed E-state index contributed by atoms with van der Waals surface area (Å²) in [6.07, 6.45) is -0.105. The molecule has 1 aromatic carbocycles. The van der Waals surface area contributed by atoms with Crippen LogP contribution in [-0.2, 0) is 6.18 Å². The summed E-state index contributed by atoms with van der Waals surface area (Å²) in [7, 11) is 0. The van der Waals surface area contributed by atoms with Crippen LogP contribution in [0.15, 0.2) is 22.7 Å². The number of nitrogens with one attached hydrogen (secondary N) is 1. The number of benzene rings is 1. The molecule has 2 saturated heterocycles. The van der Waals surface area contributed by atoms with Gasteiger partial charge in [0, 0.05) is 28.8 Å². The minimum atomic E-state index is -4.32. The standard InChI is InChI=1S/C15H18BrF3N2/c16-10-3-4-13(15(17,18)19)14(8-10)20-11-5-7-21-6-1-2-12(21)9-11/h3-4,8,11-12,20H,1-2,5-7,9H2. The lowest BCUT2D eigenvalue weighted by Crippen LogP contribution is -2.42. The Morgan fingerprint density at radius 3 is 2.76 bits per heavy atom. The van der Waals surface area contributed by atoms with Crippen molar-refractivity contribution in [3.63, 3.8) is 0 Å². The maximum atomic E-state index is 13.1. The number of hydrogen-bond donors (Lipinski definition) is 1. The highest BCUT2D eigenvalue weighted by Gasteiger charge is 2.36. The number of piperidine rings is 1. The van der Waals surface area contributed by atoms with Crippen molar-refractivity contribution in [1.82, 2.24) is 4.90 Å². The van der Waals surface area contributed by atoms with Gasteiger partial charge in [-0.25, -0.2) is 0 Å². The molecule has 2 unspecified atom stereocenters. The summed E-state index contributed by atoms with van der Waals surface area (Å²) < 4.78 is 39.9. The minimum Gasteiger partial charge on any atom is -0.382 e. The molecular weight excluding hydrogens is 345 g/mol. The van der Waals surface area contributed by atoms with Crippen LogP contribution in [0, 0.1) is 0 Å². The van der Waals surface area contributed by atoms with Crippen molar-refractivity contribution >= 4 is 21.6 Å². The molecule has 2 fully saturated rings. The molecule has 0 amide bonds. The quantitative estimate of drug-likeness (QED) is 0.832. The van der Waals surface area contributed by atoms with Gasteiger partial charge in [0.25, 0.3) is 0 Å². The molecule has 0 saturated carbocycles. The first kappa shape index (κ1) is 15.2. The molecule has 6 heteroatoms. The summed E-state index contributed by atoms with van der Waals surface area (Å²) in [5.41, 5.74) is -0.395. The lowest BCUT2D eigenvalue weighted by Gasteiger charge is -2.36. The Hall–Kier alpha value is -0.750. The van der Waals surface area contributed by atoms with Crippen LogP contribution in [0.5, 0.6) is 0 Å². The van der Waals surface area contributed by atoms with Crippen LogP contribution in [0.2, 0.25) is 0 Å². The summed E-state index contributed by atoms with van der Waals surface area (Å²) in [6, 6.07) is 4.77. The zero-order valence-corrected chi connectivity index (χ0v) is 13.2. The Morgan fingerprint density at radius 1 is 1.19 bits per heavy atom. The van der Waals surface area contributed by atoms with Gasteiger partial charge in [-0.3, -0.25) is 0 Å². The van der Waals surface area contributed by atoms with E-state index in [1.807, 2.05) is 0 Å². The molecule has 2 aliphatic rings. The molecule has 2 nitrogen and oxygen atoms in total. The number of alkyl halides is 3. The lowest BCUT2D eigenvalue weighted by atomic mass is 9.97. The maximum absolute atomic E-state index is 13.1. The van der Waals surface area contributed by atoms with Crippen LogP contribution < -0.4 is 5.32 Å². The fourth-order valence-electron chi connectivity index (χ4n) is 3.46. The number of fused-ring (bicyclic) bond motifs is 1. The van der Waals surface area contributed by atoms with Crippen molar-refractivity contribution in [2.45, 2.75) is 43.9 Å². The minimum absolute atomic E-state index is 0.125. The smallest absolute Gasteiger partial charge is 0.382 e. The third-order valence-corrected chi connectivity index (χ3v) is 4.96. The molecule has 0 bridgehead atoms. The van der Waals surface area contributed by atoms with Gasteiger partial charge < -0.3 is 10.2 Å². The number of hydrogen-bond acceptors (Lipinski definition) is 2. The lowest BCUT2D eigenvalue weighted by molar-refractivity contribution is -0.137. The third kappa shape index (κ3) is 3.37. The van der Waals surface area contributed by atoms with Crippen LogP contribution in [0.4, 0.5) is 18.9 Å². The van der Waals surface area contributed by atoms with Crippen molar-refractivity contribution < 1.29 is 13.2 Å². The average Bonchev–Trinajstić information content (AvgIpc) is 2.84. The summed E-state index contributed by atoms with van der Waals surface area (Å²) >= 11 is 3.26. The van der Waals surface area contributed by atoms with E-state index in [1.54, 1.807) is 0 Å². The van der Waals surface area contributed by atoms with Crippen molar-refractivity contribution in [3.8, 4) is 0 Å². The number of anilines is 1. The van der Waals surface area contributed by atoms with Gasteiger partial charge in [-0.1, -0.05) is 15.9 Å². The molecule has 116 valence electrons. The molecule has 2 atom stereocenters. The normalized spacial score (nSPS) is 26.7. The van der Waals surface area contributed by atoms with Crippen LogP contribution in [0.25, 0.3) is 0 Å². The second-order valence-electron chi connectivity index (χ2n) is 5.89. The van der Waals surface area contributed by atoms with E-state index in [1.165, 1.54) is 25.0 Å². The van der Waals surface area contributed by atoms with E-state index in [4.69, 9.17) is 0 Å². The van der Waals surface area contributed by atoms with Crippen molar-refractivity contribution in [2.75, 3.05) is 18.4 Å². The predicted molar refractivity (Wildman–Crippen MR) is 80.4 cm³/mol. The van der Waals surface area contributed by atoms with Crippen molar-refractivity contribution in [1.29, 1.82) is 0 Å². The second kappa shape index (κ2) is 5.80. The van der Waals surface area contributed by atoms with Gasteiger partial charge in [-0.2, -0.15) is 13.2 Å². The highest BCUT2D eigenvalue weighted by Crippen LogP contribution is 2.37. The Kier molecular flexibility index (Phi) is 4.19. The summed E-state index contributed by atoms with van der Waals surface area (Å²) in [5, 5.41) is 3.13. The van der Waals surface area contributed by atoms with E-state index < -0.39 is 11.7 Å². The van der Waals surface area contributed by atoms with E-state index in [-0.39, 0.29) is 11.7 Å². The zero-order valence-electron chi connectivity index (χ0n) is 11.6. The first-order valence-electron chi connectivity index (χ1n) is 7.31. The fourth-order valence-corrected chi connectivity index (χ4v) is 3.82. The largest absolute Gasteiger partial charge is 0.418 e. The van der Waals surface area contributed by atoms with Gasteiger partial charge in [0.15, 0.2) is 0 Å². The third-order valence-electron chi connectivity index (χ3n) is 4.47. The van der Waals surface area contributed by atoms with Crippen molar-refractivity contribution in [3.05, 3.63) is 28.2 Å².